The van der Waals surface area contributed by atoms with Crippen LogP contribution in [0.25, 0.3) is 0 Å². The summed E-state index contributed by atoms with van der Waals surface area (Å²) in [5, 5.41) is 2.80. The van der Waals surface area contributed by atoms with E-state index in [4.69, 9.17) is 4.74 Å². The van der Waals surface area contributed by atoms with Crippen LogP contribution in [0, 0.1) is 0 Å². The number of nitrogens with one attached hydrogen (secondary N) is 1. The average molecular weight is 464 g/mol. The van der Waals surface area contributed by atoms with Crippen LogP contribution in [0.4, 0.5) is 24.5 Å². The lowest BCUT2D eigenvalue weighted by atomic mass is 10.1. The maximum absolute atomic E-state index is 12.7. The summed E-state index contributed by atoms with van der Waals surface area (Å²) in [6.07, 6.45) is -3.97. The van der Waals surface area contributed by atoms with Gasteiger partial charge < -0.3 is 19.9 Å². The molecule has 0 atom stereocenters. The van der Waals surface area contributed by atoms with E-state index in [1.165, 1.54) is 17.0 Å². The largest absolute Gasteiger partial charge is 0.416 e. The molecule has 1 aliphatic rings. The van der Waals surface area contributed by atoms with Crippen LogP contribution in [0.15, 0.2) is 48.5 Å². The zero-order chi connectivity index (χ0) is 23.8. The number of likely N-dealkylation sites (N-methyl/N-ethyl adjacent to an activating group) is 1. The molecule has 0 unspecified atom stereocenters. The van der Waals surface area contributed by atoms with Crippen LogP contribution in [0.5, 0.6) is 0 Å². The fraction of sp³-hybridized carbons (Fsp3) is 0.417. The molecule has 0 aliphatic carbocycles. The Morgan fingerprint density at radius 3 is 2.24 bits per heavy atom. The molecule has 0 radical (unpaired) electrons. The lowest BCUT2D eigenvalue weighted by molar-refractivity contribution is -0.137. The number of alkyl halides is 3. The molecular formula is C24H28F3N3O3. The van der Waals surface area contributed by atoms with E-state index < -0.39 is 11.7 Å². The number of nitrogens with zero attached hydrogens (tertiary/aromatic N) is 2. The third-order valence-electron chi connectivity index (χ3n) is 5.50. The van der Waals surface area contributed by atoms with E-state index in [1.54, 1.807) is 6.92 Å². The minimum atomic E-state index is -4.39. The van der Waals surface area contributed by atoms with Gasteiger partial charge in [0.2, 0.25) is 11.8 Å². The van der Waals surface area contributed by atoms with Crippen LogP contribution < -0.4 is 10.2 Å². The first-order chi connectivity index (χ1) is 15.8. The van der Waals surface area contributed by atoms with Gasteiger partial charge in [0.1, 0.15) is 0 Å². The van der Waals surface area contributed by atoms with Crippen molar-refractivity contribution >= 4 is 23.2 Å². The van der Waals surface area contributed by atoms with E-state index >= 15 is 0 Å². The highest BCUT2D eigenvalue weighted by molar-refractivity contribution is 5.94. The molecule has 1 N–H and O–H groups in total. The predicted octanol–water partition coefficient (Wildman–Crippen LogP) is 3.96. The lowest BCUT2D eigenvalue weighted by Crippen LogP contribution is -2.38. The fourth-order valence-corrected chi connectivity index (χ4v) is 3.60. The smallest absolute Gasteiger partial charge is 0.378 e. The zero-order valence-electron chi connectivity index (χ0n) is 18.5. The zero-order valence-corrected chi connectivity index (χ0v) is 18.5. The van der Waals surface area contributed by atoms with Crippen molar-refractivity contribution in [3.8, 4) is 0 Å². The van der Waals surface area contributed by atoms with Gasteiger partial charge in [-0.05, 0) is 55.3 Å². The molecule has 1 fully saturated rings. The first kappa shape index (κ1) is 24.6. The fourth-order valence-electron chi connectivity index (χ4n) is 3.60. The molecule has 1 heterocycles. The molecule has 2 aromatic rings. The Morgan fingerprint density at radius 2 is 1.67 bits per heavy atom. The van der Waals surface area contributed by atoms with Crippen LogP contribution in [-0.2, 0) is 26.9 Å². The van der Waals surface area contributed by atoms with Crippen molar-refractivity contribution in [2.45, 2.75) is 25.9 Å². The van der Waals surface area contributed by atoms with E-state index in [0.29, 0.717) is 37.4 Å². The van der Waals surface area contributed by atoms with Crippen molar-refractivity contribution in [2.75, 3.05) is 49.6 Å². The highest BCUT2D eigenvalue weighted by Gasteiger charge is 2.30. The standard InChI is InChI=1S/C24H28F3N3O3/c1-2-29(23(32)12-5-18-3-6-19(7-4-18)24(25,26)27)17-22(31)28-20-8-10-21(11-9-20)30-13-15-33-16-14-30/h3-4,6-11H,2,5,12-17H2,1H3,(H,28,31). The number of morpholine rings is 1. The minimum Gasteiger partial charge on any atom is -0.378 e. The number of amides is 2. The van der Waals surface area contributed by atoms with E-state index in [9.17, 15) is 22.8 Å². The summed E-state index contributed by atoms with van der Waals surface area (Å²) in [6, 6.07) is 12.3. The van der Waals surface area contributed by atoms with Crippen LogP contribution in [0.3, 0.4) is 0 Å². The van der Waals surface area contributed by atoms with E-state index in [0.717, 1.165) is 30.9 Å². The summed E-state index contributed by atoms with van der Waals surface area (Å²) >= 11 is 0. The molecule has 0 aromatic heterocycles. The minimum absolute atomic E-state index is 0.0897. The van der Waals surface area contributed by atoms with Gasteiger partial charge >= 0.3 is 6.18 Å². The molecule has 178 valence electrons. The number of carbonyl (C=O) groups excluding carboxylic acids is 2. The van der Waals surface area contributed by atoms with Crippen molar-refractivity contribution < 1.29 is 27.5 Å². The van der Waals surface area contributed by atoms with Crippen molar-refractivity contribution in [3.05, 3.63) is 59.7 Å². The van der Waals surface area contributed by atoms with E-state index in [1.807, 2.05) is 24.3 Å². The van der Waals surface area contributed by atoms with Crippen molar-refractivity contribution in [1.82, 2.24) is 4.90 Å². The van der Waals surface area contributed by atoms with Gasteiger partial charge in [-0.2, -0.15) is 13.2 Å². The number of benzene rings is 2. The van der Waals surface area contributed by atoms with Crippen LogP contribution in [-0.4, -0.2) is 56.1 Å². The normalized spacial score (nSPS) is 14.1. The van der Waals surface area contributed by atoms with Gasteiger partial charge in [0.05, 0.1) is 25.3 Å². The number of hydrogen-bond acceptors (Lipinski definition) is 4. The number of hydrogen-bond donors (Lipinski definition) is 1. The summed E-state index contributed by atoms with van der Waals surface area (Å²) in [5.41, 5.74) is 1.62. The third-order valence-corrected chi connectivity index (χ3v) is 5.50. The van der Waals surface area contributed by atoms with Gasteiger partial charge in [0, 0.05) is 37.4 Å². The molecule has 0 spiro atoms. The second-order valence-electron chi connectivity index (χ2n) is 7.80. The van der Waals surface area contributed by atoms with E-state index in [-0.39, 0.29) is 24.8 Å². The Labute approximate surface area is 191 Å². The maximum Gasteiger partial charge on any atom is 0.416 e. The summed E-state index contributed by atoms with van der Waals surface area (Å²) < 4.78 is 43.3. The SMILES string of the molecule is CCN(CC(=O)Nc1ccc(N2CCOCC2)cc1)C(=O)CCc1ccc(C(F)(F)F)cc1. The number of aryl methyl sites for hydroxylation is 1. The number of ether oxygens (including phenoxy) is 1. The molecule has 0 bridgehead atoms. The molecule has 3 rings (SSSR count). The number of rotatable bonds is 8. The first-order valence-corrected chi connectivity index (χ1v) is 10.9. The summed E-state index contributed by atoms with van der Waals surface area (Å²) in [5.74, 6) is -0.533. The number of halogens is 3. The number of carbonyl (C=O) groups is 2. The Hall–Kier alpha value is -3.07. The molecule has 33 heavy (non-hydrogen) atoms. The van der Waals surface area contributed by atoms with Crippen molar-refractivity contribution in [1.29, 1.82) is 0 Å². The predicted molar refractivity (Wildman–Crippen MR) is 120 cm³/mol. The molecule has 9 heteroatoms. The first-order valence-electron chi connectivity index (χ1n) is 10.9. The Balaban J connectivity index is 1.48. The van der Waals surface area contributed by atoms with Gasteiger partial charge in [-0.15, -0.1) is 0 Å². The van der Waals surface area contributed by atoms with Gasteiger partial charge in [-0.3, -0.25) is 9.59 Å². The van der Waals surface area contributed by atoms with Gasteiger partial charge in [-0.25, -0.2) is 0 Å². The third kappa shape index (κ3) is 7.21. The van der Waals surface area contributed by atoms with Gasteiger partial charge in [0.15, 0.2) is 0 Å². The molecule has 1 saturated heterocycles. The van der Waals surface area contributed by atoms with Crippen LogP contribution in [0.1, 0.15) is 24.5 Å². The maximum atomic E-state index is 12.7. The monoisotopic (exact) mass is 463 g/mol. The summed E-state index contributed by atoms with van der Waals surface area (Å²) in [6.45, 7) is 5.08. The summed E-state index contributed by atoms with van der Waals surface area (Å²) in [4.78, 5) is 28.6. The lowest BCUT2D eigenvalue weighted by Gasteiger charge is -2.29. The van der Waals surface area contributed by atoms with Gasteiger partial charge in [0.25, 0.3) is 0 Å². The molecule has 2 amide bonds. The summed E-state index contributed by atoms with van der Waals surface area (Å²) in [7, 11) is 0. The average Bonchev–Trinajstić information content (AvgIpc) is 2.81. The Bertz CT molecular complexity index is 925. The van der Waals surface area contributed by atoms with E-state index in [2.05, 4.69) is 10.2 Å². The molecule has 2 aromatic carbocycles. The van der Waals surface area contributed by atoms with Crippen molar-refractivity contribution in [2.24, 2.45) is 0 Å². The van der Waals surface area contributed by atoms with Crippen molar-refractivity contribution in [3.63, 3.8) is 0 Å². The second-order valence-corrected chi connectivity index (χ2v) is 7.80. The Kier molecular flexibility index (Phi) is 8.32. The second kappa shape index (κ2) is 11.2. The van der Waals surface area contributed by atoms with Crippen LogP contribution >= 0.6 is 0 Å². The molecule has 1 aliphatic heterocycles. The number of anilines is 2. The molecule has 0 saturated carbocycles. The highest BCUT2D eigenvalue weighted by Crippen LogP contribution is 2.29. The quantitative estimate of drug-likeness (QED) is 0.644. The molecular weight excluding hydrogens is 435 g/mol. The highest BCUT2D eigenvalue weighted by atomic mass is 19.4. The Morgan fingerprint density at radius 1 is 1.03 bits per heavy atom. The van der Waals surface area contributed by atoms with Crippen LogP contribution in [0.2, 0.25) is 0 Å². The van der Waals surface area contributed by atoms with Gasteiger partial charge in [-0.1, -0.05) is 12.1 Å². The molecule has 6 nitrogen and oxygen atoms in total. The topological polar surface area (TPSA) is 61.9 Å².